The van der Waals surface area contributed by atoms with Crippen molar-refractivity contribution in [3.8, 4) is 5.75 Å². The highest BCUT2D eigenvalue weighted by atomic mass is 16.5. The molecule has 1 atom stereocenters. The molecule has 2 aromatic heterocycles. The zero-order valence-corrected chi connectivity index (χ0v) is 8.21. The van der Waals surface area contributed by atoms with Gasteiger partial charge in [0.15, 0.2) is 0 Å². The van der Waals surface area contributed by atoms with Gasteiger partial charge >= 0.3 is 0 Å². The Bertz CT molecular complexity index is 428. The third-order valence-electron chi connectivity index (χ3n) is 2.07. The molecule has 6 heteroatoms. The lowest BCUT2D eigenvalue weighted by Crippen LogP contribution is -2.15. The summed E-state index contributed by atoms with van der Waals surface area (Å²) in [5.41, 5.74) is 7.25. The van der Waals surface area contributed by atoms with E-state index in [1.807, 2.05) is 6.07 Å². The van der Waals surface area contributed by atoms with E-state index < -0.39 is 6.04 Å². The van der Waals surface area contributed by atoms with E-state index >= 15 is 0 Å². The fraction of sp³-hybridized carbons (Fsp3) is 0.222. The fourth-order valence-electron chi connectivity index (χ4n) is 1.31. The van der Waals surface area contributed by atoms with Gasteiger partial charge in [0.05, 0.1) is 19.3 Å². The Morgan fingerprint density at radius 1 is 1.53 bits per heavy atom. The largest absolute Gasteiger partial charge is 0.495 e. The Labute approximate surface area is 86.5 Å². The van der Waals surface area contributed by atoms with Crippen LogP contribution in [0.15, 0.2) is 24.5 Å². The standard InChI is InChI=1S/C9H11N5O/c1-15-7-3-2-4-11-9(7)8(10)6-5-12-14-13-6/h2-5,8H,10H2,1H3,(H,12,13,14). The van der Waals surface area contributed by atoms with Crippen molar-refractivity contribution in [2.75, 3.05) is 7.11 Å². The van der Waals surface area contributed by atoms with Crippen molar-refractivity contribution in [3.63, 3.8) is 0 Å². The fourth-order valence-corrected chi connectivity index (χ4v) is 1.31. The molecule has 0 aliphatic carbocycles. The van der Waals surface area contributed by atoms with Crippen LogP contribution in [0.25, 0.3) is 0 Å². The van der Waals surface area contributed by atoms with Crippen molar-refractivity contribution in [2.24, 2.45) is 5.73 Å². The minimum absolute atomic E-state index is 0.431. The molecule has 3 N–H and O–H groups in total. The van der Waals surface area contributed by atoms with Crippen molar-refractivity contribution in [2.45, 2.75) is 6.04 Å². The maximum Gasteiger partial charge on any atom is 0.142 e. The molecule has 2 rings (SSSR count). The lowest BCUT2D eigenvalue weighted by atomic mass is 10.1. The van der Waals surface area contributed by atoms with Gasteiger partial charge in [0, 0.05) is 6.20 Å². The van der Waals surface area contributed by atoms with E-state index in [9.17, 15) is 0 Å². The maximum absolute atomic E-state index is 5.97. The molecule has 0 bridgehead atoms. The van der Waals surface area contributed by atoms with Crippen LogP contribution < -0.4 is 10.5 Å². The van der Waals surface area contributed by atoms with Crippen molar-refractivity contribution >= 4 is 0 Å². The molecule has 0 amide bonds. The normalized spacial score (nSPS) is 12.4. The molecule has 2 heterocycles. The van der Waals surface area contributed by atoms with Crippen LogP contribution >= 0.6 is 0 Å². The molecule has 0 aliphatic heterocycles. The van der Waals surface area contributed by atoms with E-state index in [4.69, 9.17) is 10.5 Å². The van der Waals surface area contributed by atoms with Gasteiger partial charge in [0.25, 0.3) is 0 Å². The molecule has 0 aromatic carbocycles. The summed E-state index contributed by atoms with van der Waals surface area (Å²) >= 11 is 0. The minimum Gasteiger partial charge on any atom is -0.495 e. The second-order valence-electron chi connectivity index (χ2n) is 2.96. The maximum atomic E-state index is 5.97. The van der Waals surface area contributed by atoms with Crippen molar-refractivity contribution in [1.29, 1.82) is 0 Å². The van der Waals surface area contributed by atoms with E-state index in [2.05, 4.69) is 20.4 Å². The number of aromatic amines is 1. The monoisotopic (exact) mass is 205 g/mol. The van der Waals surface area contributed by atoms with Crippen molar-refractivity contribution in [1.82, 2.24) is 20.4 Å². The van der Waals surface area contributed by atoms with Crippen LogP contribution in [0.4, 0.5) is 0 Å². The highest BCUT2D eigenvalue weighted by Crippen LogP contribution is 2.23. The number of pyridine rings is 1. The predicted octanol–water partition coefficient (Wildman–Crippen LogP) is 0.256. The molecule has 0 spiro atoms. The number of ether oxygens (including phenoxy) is 1. The predicted molar refractivity (Wildman–Crippen MR) is 53.2 cm³/mol. The molecule has 0 fully saturated rings. The third kappa shape index (κ3) is 1.79. The van der Waals surface area contributed by atoms with Gasteiger partial charge in [-0.2, -0.15) is 15.4 Å². The number of nitrogens with zero attached hydrogens (tertiary/aromatic N) is 3. The van der Waals surface area contributed by atoms with Crippen LogP contribution in [-0.4, -0.2) is 27.5 Å². The smallest absolute Gasteiger partial charge is 0.142 e. The molecular weight excluding hydrogens is 194 g/mol. The molecule has 0 saturated carbocycles. The number of hydrogen-bond acceptors (Lipinski definition) is 5. The number of hydrogen-bond donors (Lipinski definition) is 2. The molecule has 6 nitrogen and oxygen atoms in total. The van der Waals surface area contributed by atoms with Crippen LogP contribution in [-0.2, 0) is 0 Å². The van der Waals surface area contributed by atoms with Crippen LogP contribution in [0.3, 0.4) is 0 Å². The lowest BCUT2D eigenvalue weighted by Gasteiger charge is -2.11. The number of H-pyrrole nitrogens is 1. The molecule has 0 saturated heterocycles. The summed E-state index contributed by atoms with van der Waals surface area (Å²) in [6.07, 6.45) is 3.23. The van der Waals surface area contributed by atoms with Gasteiger partial charge in [-0.1, -0.05) is 0 Å². The van der Waals surface area contributed by atoms with Gasteiger partial charge in [-0.15, -0.1) is 0 Å². The van der Waals surface area contributed by atoms with Crippen molar-refractivity contribution in [3.05, 3.63) is 35.9 Å². The summed E-state index contributed by atoms with van der Waals surface area (Å²) in [4.78, 5) is 4.17. The zero-order valence-electron chi connectivity index (χ0n) is 8.21. The first-order chi connectivity index (χ1) is 7.33. The summed E-state index contributed by atoms with van der Waals surface area (Å²) in [5.74, 6) is 0.646. The number of nitrogens with two attached hydrogens (primary N) is 1. The van der Waals surface area contributed by atoms with Gasteiger partial charge in [-0.05, 0) is 12.1 Å². The van der Waals surface area contributed by atoms with E-state index in [1.54, 1.807) is 25.6 Å². The van der Waals surface area contributed by atoms with Gasteiger partial charge in [-0.25, -0.2) is 0 Å². The third-order valence-corrected chi connectivity index (χ3v) is 2.07. The van der Waals surface area contributed by atoms with Crippen LogP contribution in [0.2, 0.25) is 0 Å². The lowest BCUT2D eigenvalue weighted by molar-refractivity contribution is 0.404. The minimum atomic E-state index is -0.431. The van der Waals surface area contributed by atoms with Crippen LogP contribution in [0.1, 0.15) is 17.4 Å². The quantitative estimate of drug-likeness (QED) is 0.750. The van der Waals surface area contributed by atoms with E-state index in [0.717, 1.165) is 0 Å². The average molecular weight is 205 g/mol. The first kappa shape index (κ1) is 9.60. The first-order valence-electron chi connectivity index (χ1n) is 4.43. The summed E-state index contributed by atoms with van der Waals surface area (Å²) in [7, 11) is 1.58. The number of aromatic nitrogens is 4. The van der Waals surface area contributed by atoms with Crippen molar-refractivity contribution < 1.29 is 4.74 Å². The second kappa shape index (κ2) is 4.05. The molecular formula is C9H11N5O. The summed E-state index contributed by atoms with van der Waals surface area (Å²) < 4.78 is 5.16. The second-order valence-corrected chi connectivity index (χ2v) is 2.96. The number of rotatable bonds is 3. The summed E-state index contributed by atoms with van der Waals surface area (Å²) in [6.45, 7) is 0. The van der Waals surface area contributed by atoms with Gasteiger partial charge in [0.1, 0.15) is 17.1 Å². The topological polar surface area (TPSA) is 89.7 Å². The van der Waals surface area contributed by atoms with E-state index in [0.29, 0.717) is 17.1 Å². The van der Waals surface area contributed by atoms with Crippen LogP contribution in [0, 0.1) is 0 Å². The SMILES string of the molecule is COc1cccnc1C(N)c1cn[nH]n1. The van der Waals surface area contributed by atoms with E-state index in [-0.39, 0.29) is 0 Å². The van der Waals surface area contributed by atoms with Gasteiger partial charge < -0.3 is 10.5 Å². The highest BCUT2D eigenvalue weighted by molar-refractivity contribution is 5.33. The zero-order chi connectivity index (χ0) is 10.7. The Kier molecular flexibility index (Phi) is 2.59. The highest BCUT2D eigenvalue weighted by Gasteiger charge is 2.17. The molecule has 2 aromatic rings. The molecule has 0 radical (unpaired) electrons. The van der Waals surface area contributed by atoms with Gasteiger partial charge in [-0.3, -0.25) is 4.98 Å². The Morgan fingerprint density at radius 3 is 3.07 bits per heavy atom. The summed E-state index contributed by atoms with van der Waals surface area (Å²) in [6, 6.07) is 3.17. The molecule has 1 unspecified atom stereocenters. The number of nitrogens with one attached hydrogen (secondary N) is 1. The molecule has 15 heavy (non-hydrogen) atoms. The molecule has 0 aliphatic rings. The average Bonchev–Trinajstić information content (AvgIpc) is 2.81. The Balaban J connectivity index is 2.37. The Hall–Kier alpha value is -1.95. The van der Waals surface area contributed by atoms with Gasteiger partial charge in [0.2, 0.25) is 0 Å². The number of methoxy groups -OCH3 is 1. The molecule has 78 valence electrons. The first-order valence-corrected chi connectivity index (χ1v) is 4.43. The Morgan fingerprint density at radius 2 is 2.40 bits per heavy atom. The van der Waals surface area contributed by atoms with E-state index in [1.165, 1.54) is 0 Å². The summed E-state index contributed by atoms with van der Waals surface area (Å²) in [5, 5.41) is 10.1. The van der Waals surface area contributed by atoms with Crippen LogP contribution in [0.5, 0.6) is 5.75 Å².